The van der Waals surface area contributed by atoms with Gasteiger partial charge in [0, 0.05) is 11.1 Å². The van der Waals surface area contributed by atoms with E-state index in [0.717, 1.165) is 10.2 Å². The van der Waals surface area contributed by atoms with Crippen LogP contribution >= 0.6 is 11.3 Å². The van der Waals surface area contributed by atoms with E-state index in [9.17, 15) is 14.4 Å². The van der Waals surface area contributed by atoms with E-state index in [2.05, 4.69) is 4.99 Å². The summed E-state index contributed by atoms with van der Waals surface area (Å²) in [5, 5.41) is 0. The molecule has 1 aromatic heterocycles. The van der Waals surface area contributed by atoms with Crippen molar-refractivity contribution in [3.8, 4) is 5.75 Å². The van der Waals surface area contributed by atoms with Crippen molar-refractivity contribution in [2.24, 2.45) is 4.99 Å². The normalized spacial score (nSPS) is 11.5. The van der Waals surface area contributed by atoms with Crippen LogP contribution in [0.3, 0.4) is 0 Å². The molecule has 7 nitrogen and oxygen atoms in total. The number of ketones is 1. The molecule has 0 saturated heterocycles. The summed E-state index contributed by atoms with van der Waals surface area (Å²) in [5.74, 6) is -0.288. The molecule has 1 heterocycles. The summed E-state index contributed by atoms with van der Waals surface area (Å²) in [6.45, 7) is 3.82. The number of fused-ring (bicyclic) bond motifs is 1. The van der Waals surface area contributed by atoms with Crippen LogP contribution in [0.1, 0.15) is 34.6 Å². The quantitative estimate of drug-likeness (QED) is 0.458. The second-order valence-electron chi connectivity index (χ2n) is 6.16. The van der Waals surface area contributed by atoms with Gasteiger partial charge in [0.1, 0.15) is 12.3 Å². The maximum Gasteiger partial charge on any atom is 0.325 e. The highest BCUT2D eigenvalue weighted by atomic mass is 32.1. The number of benzene rings is 2. The van der Waals surface area contributed by atoms with E-state index in [1.54, 1.807) is 34.9 Å². The predicted octanol–water partition coefficient (Wildman–Crippen LogP) is 3.22. The topological polar surface area (TPSA) is 87.0 Å². The maximum absolute atomic E-state index is 12.6. The third-order valence-corrected chi connectivity index (χ3v) is 5.26. The van der Waals surface area contributed by atoms with Crippen molar-refractivity contribution >= 4 is 39.2 Å². The van der Waals surface area contributed by atoms with Gasteiger partial charge in [0.2, 0.25) is 0 Å². The molecule has 0 unspecified atom stereocenters. The molecule has 0 aliphatic carbocycles. The highest BCUT2D eigenvalue weighted by Crippen LogP contribution is 2.23. The van der Waals surface area contributed by atoms with Crippen molar-refractivity contribution in [3.05, 3.63) is 58.4 Å². The van der Waals surface area contributed by atoms with Crippen LogP contribution < -0.4 is 9.54 Å². The van der Waals surface area contributed by atoms with Gasteiger partial charge < -0.3 is 14.0 Å². The van der Waals surface area contributed by atoms with Crippen LogP contribution in [0.15, 0.2) is 47.5 Å². The van der Waals surface area contributed by atoms with Gasteiger partial charge in [-0.2, -0.15) is 4.99 Å². The first kappa shape index (κ1) is 20.5. The molecule has 2 aromatic carbocycles. The summed E-state index contributed by atoms with van der Waals surface area (Å²) in [5.41, 5.74) is 1.63. The third kappa shape index (κ3) is 4.60. The Hall–Kier alpha value is -3.26. The van der Waals surface area contributed by atoms with E-state index in [1.807, 2.05) is 19.1 Å². The SMILES string of the molecule is CCOc1ccc2c(c1)sc(=NC(=O)c1ccc(C(C)=O)cc1)n2CC(=O)OC. The van der Waals surface area contributed by atoms with Crippen LogP contribution in [0, 0.1) is 0 Å². The van der Waals surface area contributed by atoms with Gasteiger partial charge in [-0.15, -0.1) is 0 Å². The number of hydrogen-bond donors (Lipinski definition) is 0. The predicted molar refractivity (Wildman–Crippen MR) is 109 cm³/mol. The number of aromatic nitrogens is 1. The number of esters is 1. The average molecular weight is 412 g/mol. The fraction of sp³-hybridized carbons (Fsp3) is 0.238. The molecule has 0 fully saturated rings. The van der Waals surface area contributed by atoms with E-state index in [4.69, 9.17) is 9.47 Å². The molecule has 29 heavy (non-hydrogen) atoms. The summed E-state index contributed by atoms with van der Waals surface area (Å²) >= 11 is 1.28. The number of thiazole rings is 1. The first-order valence-corrected chi connectivity index (χ1v) is 9.77. The molecule has 0 saturated carbocycles. The average Bonchev–Trinajstić information content (AvgIpc) is 3.04. The molecule has 0 atom stereocenters. The highest BCUT2D eigenvalue weighted by Gasteiger charge is 2.13. The Morgan fingerprint density at radius 1 is 1.07 bits per heavy atom. The van der Waals surface area contributed by atoms with Gasteiger partial charge >= 0.3 is 5.97 Å². The maximum atomic E-state index is 12.6. The number of carbonyl (C=O) groups is 3. The van der Waals surface area contributed by atoms with Gasteiger partial charge in [0.05, 0.1) is 23.9 Å². The Labute approximate surface area is 171 Å². The molecule has 0 bridgehead atoms. The first-order chi connectivity index (χ1) is 13.9. The zero-order valence-corrected chi connectivity index (χ0v) is 17.1. The Kier molecular flexibility index (Phi) is 6.23. The molecule has 0 spiro atoms. The number of hydrogen-bond acceptors (Lipinski definition) is 6. The Morgan fingerprint density at radius 2 is 1.76 bits per heavy atom. The van der Waals surface area contributed by atoms with E-state index in [1.165, 1.54) is 25.4 Å². The zero-order valence-electron chi connectivity index (χ0n) is 16.3. The summed E-state index contributed by atoms with van der Waals surface area (Å²) in [7, 11) is 1.31. The molecule has 8 heteroatoms. The number of carbonyl (C=O) groups excluding carboxylic acids is 3. The summed E-state index contributed by atoms with van der Waals surface area (Å²) in [6.07, 6.45) is 0. The molecule has 150 valence electrons. The smallest absolute Gasteiger partial charge is 0.325 e. The van der Waals surface area contributed by atoms with Crippen LogP contribution in [0.25, 0.3) is 10.2 Å². The van der Waals surface area contributed by atoms with Gasteiger partial charge in [-0.1, -0.05) is 23.5 Å². The number of rotatable bonds is 6. The van der Waals surface area contributed by atoms with Crippen LogP contribution in [0.2, 0.25) is 0 Å². The highest BCUT2D eigenvalue weighted by molar-refractivity contribution is 7.16. The second kappa shape index (κ2) is 8.83. The third-order valence-electron chi connectivity index (χ3n) is 4.22. The number of nitrogens with zero attached hydrogens (tertiary/aromatic N) is 2. The Balaban J connectivity index is 2.07. The molecule has 3 aromatic rings. The molecule has 0 radical (unpaired) electrons. The van der Waals surface area contributed by atoms with Crippen LogP contribution in [-0.4, -0.2) is 35.9 Å². The zero-order chi connectivity index (χ0) is 21.0. The lowest BCUT2D eigenvalue weighted by molar-refractivity contribution is -0.141. The minimum Gasteiger partial charge on any atom is -0.494 e. The first-order valence-electron chi connectivity index (χ1n) is 8.96. The van der Waals surface area contributed by atoms with E-state index >= 15 is 0 Å². The number of ether oxygens (including phenoxy) is 2. The van der Waals surface area contributed by atoms with Crippen molar-refractivity contribution < 1.29 is 23.9 Å². The molecular formula is C21H20N2O5S. The van der Waals surface area contributed by atoms with Gasteiger partial charge in [-0.25, -0.2) is 0 Å². The lowest BCUT2D eigenvalue weighted by atomic mass is 10.1. The Morgan fingerprint density at radius 3 is 2.38 bits per heavy atom. The lowest BCUT2D eigenvalue weighted by Gasteiger charge is -2.05. The molecule has 0 aliphatic rings. The summed E-state index contributed by atoms with van der Waals surface area (Å²) < 4.78 is 12.8. The van der Waals surface area contributed by atoms with Gasteiger partial charge in [-0.05, 0) is 44.2 Å². The summed E-state index contributed by atoms with van der Waals surface area (Å²) in [6, 6.07) is 11.8. The van der Waals surface area contributed by atoms with Crippen LogP contribution in [0.4, 0.5) is 0 Å². The fourth-order valence-corrected chi connectivity index (χ4v) is 3.80. The van der Waals surface area contributed by atoms with Gasteiger partial charge in [-0.3, -0.25) is 14.4 Å². The Bertz CT molecular complexity index is 1140. The molecule has 0 N–H and O–H groups in total. The fourth-order valence-electron chi connectivity index (χ4n) is 2.74. The van der Waals surface area contributed by atoms with Crippen LogP contribution in [0.5, 0.6) is 5.75 Å². The number of amides is 1. The van der Waals surface area contributed by atoms with Crippen molar-refractivity contribution in [2.45, 2.75) is 20.4 Å². The van der Waals surface area contributed by atoms with Crippen molar-refractivity contribution in [1.82, 2.24) is 4.57 Å². The minimum atomic E-state index is -0.463. The molecule has 0 aliphatic heterocycles. The van der Waals surface area contributed by atoms with Crippen molar-refractivity contribution in [1.29, 1.82) is 0 Å². The van der Waals surface area contributed by atoms with E-state index in [-0.39, 0.29) is 12.3 Å². The molecule has 3 rings (SSSR count). The van der Waals surface area contributed by atoms with Crippen molar-refractivity contribution in [2.75, 3.05) is 13.7 Å². The number of methoxy groups -OCH3 is 1. The van der Waals surface area contributed by atoms with Crippen molar-refractivity contribution in [3.63, 3.8) is 0 Å². The minimum absolute atomic E-state index is 0.0696. The molecular weight excluding hydrogens is 392 g/mol. The van der Waals surface area contributed by atoms with E-state index < -0.39 is 11.9 Å². The number of Topliss-reactive ketones (excluding diaryl/α,β-unsaturated/α-hetero) is 1. The lowest BCUT2D eigenvalue weighted by Crippen LogP contribution is -2.22. The standard InChI is InChI=1S/C21H20N2O5S/c1-4-28-16-9-10-17-18(11-16)29-21(23(17)12-19(25)27-3)22-20(26)15-7-5-14(6-8-15)13(2)24/h5-11H,4,12H2,1-3H3. The van der Waals surface area contributed by atoms with Gasteiger partial charge in [0.15, 0.2) is 10.6 Å². The largest absolute Gasteiger partial charge is 0.494 e. The van der Waals surface area contributed by atoms with Gasteiger partial charge in [0.25, 0.3) is 5.91 Å². The second-order valence-corrected chi connectivity index (χ2v) is 7.17. The monoisotopic (exact) mass is 412 g/mol. The molecule has 1 amide bonds. The van der Waals surface area contributed by atoms with Crippen LogP contribution in [-0.2, 0) is 16.1 Å². The van der Waals surface area contributed by atoms with E-state index in [0.29, 0.717) is 28.3 Å². The summed E-state index contributed by atoms with van der Waals surface area (Å²) in [4.78, 5) is 40.5.